The molecule has 1 aromatic rings. The van der Waals surface area contributed by atoms with Crippen molar-refractivity contribution in [2.75, 3.05) is 6.54 Å². The summed E-state index contributed by atoms with van der Waals surface area (Å²) in [5.74, 6) is -2.51. The van der Waals surface area contributed by atoms with E-state index in [1.807, 2.05) is 30.3 Å². The van der Waals surface area contributed by atoms with E-state index in [9.17, 15) is 8.78 Å². The van der Waals surface area contributed by atoms with Crippen molar-refractivity contribution in [1.82, 2.24) is 5.32 Å². The van der Waals surface area contributed by atoms with Crippen molar-refractivity contribution in [2.45, 2.75) is 24.8 Å². The lowest BCUT2D eigenvalue weighted by atomic mass is 9.95. The summed E-state index contributed by atoms with van der Waals surface area (Å²) in [6.07, 6.45) is -0.132. The van der Waals surface area contributed by atoms with Crippen molar-refractivity contribution < 1.29 is 8.78 Å². The largest absolute Gasteiger partial charge is 0.310 e. The average Bonchev–Trinajstić information content (AvgIpc) is 2.18. The highest BCUT2D eigenvalue weighted by molar-refractivity contribution is 5.19. The summed E-state index contributed by atoms with van der Waals surface area (Å²) in [5, 5.41) is 3.11. The molecule has 1 fully saturated rings. The summed E-state index contributed by atoms with van der Waals surface area (Å²) in [6.45, 7) is 0.395. The van der Waals surface area contributed by atoms with Crippen LogP contribution in [0.25, 0.3) is 0 Å². The van der Waals surface area contributed by atoms with Gasteiger partial charge in [0.1, 0.15) is 0 Å². The molecule has 0 bridgehead atoms. The first-order valence-electron chi connectivity index (χ1n) is 4.83. The summed E-state index contributed by atoms with van der Waals surface area (Å²) in [6, 6.07) is 9.23. The summed E-state index contributed by atoms with van der Waals surface area (Å²) in [5.41, 5.74) is 0.951. The minimum absolute atomic E-state index is 0.0453. The molecule has 0 amide bonds. The fourth-order valence-corrected chi connectivity index (χ4v) is 1.82. The molecule has 1 aliphatic heterocycles. The molecular formula is C11H13F2N. The molecule has 0 radical (unpaired) electrons. The lowest BCUT2D eigenvalue weighted by molar-refractivity contribution is -0.0415. The molecule has 1 atom stereocenters. The smallest absolute Gasteiger partial charge is 0.251 e. The second kappa shape index (κ2) is 3.65. The quantitative estimate of drug-likeness (QED) is 0.730. The average molecular weight is 197 g/mol. The molecule has 0 unspecified atom stereocenters. The molecule has 1 aliphatic rings. The van der Waals surface area contributed by atoms with Gasteiger partial charge in [-0.2, -0.15) is 0 Å². The van der Waals surface area contributed by atoms with Crippen LogP contribution in [0.4, 0.5) is 8.78 Å². The van der Waals surface area contributed by atoms with Crippen LogP contribution in [0.15, 0.2) is 30.3 Å². The first kappa shape index (κ1) is 9.59. The monoisotopic (exact) mass is 197 g/mol. The highest BCUT2D eigenvalue weighted by Gasteiger charge is 2.36. The van der Waals surface area contributed by atoms with E-state index in [0.29, 0.717) is 6.54 Å². The van der Waals surface area contributed by atoms with Crippen LogP contribution >= 0.6 is 0 Å². The van der Waals surface area contributed by atoms with Gasteiger partial charge in [-0.1, -0.05) is 30.3 Å². The normalized spacial score (nSPS) is 26.0. The Morgan fingerprint density at radius 1 is 1.21 bits per heavy atom. The van der Waals surface area contributed by atoms with E-state index < -0.39 is 5.92 Å². The standard InChI is InChI=1S/C11H13F2N/c12-11(13)6-7-14-10(8-11)9-4-2-1-3-5-9/h1-5,10,14H,6-8H2/t10-/m1/s1. The molecule has 1 nitrogen and oxygen atoms in total. The van der Waals surface area contributed by atoms with Crippen LogP contribution in [0.1, 0.15) is 24.4 Å². The van der Waals surface area contributed by atoms with Gasteiger partial charge >= 0.3 is 0 Å². The zero-order valence-electron chi connectivity index (χ0n) is 7.84. The van der Waals surface area contributed by atoms with E-state index >= 15 is 0 Å². The van der Waals surface area contributed by atoms with E-state index in [1.54, 1.807) is 0 Å². The molecule has 14 heavy (non-hydrogen) atoms. The highest BCUT2D eigenvalue weighted by atomic mass is 19.3. The van der Waals surface area contributed by atoms with Crippen molar-refractivity contribution in [2.24, 2.45) is 0 Å². The Balaban J connectivity index is 2.12. The molecule has 0 saturated carbocycles. The minimum atomic E-state index is -2.51. The number of benzene rings is 1. The van der Waals surface area contributed by atoms with Crippen molar-refractivity contribution >= 4 is 0 Å². The van der Waals surface area contributed by atoms with Crippen LogP contribution in [-0.2, 0) is 0 Å². The Morgan fingerprint density at radius 2 is 1.93 bits per heavy atom. The first-order chi connectivity index (χ1) is 6.67. The van der Waals surface area contributed by atoms with Crippen LogP contribution in [0, 0.1) is 0 Å². The number of nitrogens with one attached hydrogen (secondary N) is 1. The lowest BCUT2D eigenvalue weighted by Gasteiger charge is -2.30. The molecule has 0 aliphatic carbocycles. The topological polar surface area (TPSA) is 12.0 Å². The van der Waals surface area contributed by atoms with Gasteiger partial charge in [0.15, 0.2) is 0 Å². The summed E-state index contributed by atoms with van der Waals surface area (Å²) < 4.78 is 26.2. The maximum atomic E-state index is 13.1. The van der Waals surface area contributed by atoms with Crippen LogP contribution in [0.5, 0.6) is 0 Å². The predicted molar refractivity (Wildman–Crippen MR) is 51.4 cm³/mol. The van der Waals surface area contributed by atoms with Gasteiger partial charge in [0.25, 0.3) is 5.92 Å². The molecule has 0 spiro atoms. The summed E-state index contributed by atoms with van der Waals surface area (Å²) in [7, 11) is 0. The number of halogens is 2. The minimum Gasteiger partial charge on any atom is -0.310 e. The fraction of sp³-hybridized carbons (Fsp3) is 0.455. The Hall–Kier alpha value is -0.960. The zero-order valence-corrected chi connectivity index (χ0v) is 7.84. The fourth-order valence-electron chi connectivity index (χ4n) is 1.82. The zero-order chi connectivity index (χ0) is 10.0. The maximum Gasteiger partial charge on any atom is 0.251 e. The van der Waals surface area contributed by atoms with Gasteiger partial charge in [-0.05, 0) is 5.56 Å². The van der Waals surface area contributed by atoms with E-state index in [-0.39, 0.29) is 18.9 Å². The predicted octanol–water partition coefficient (Wildman–Crippen LogP) is 2.75. The molecular weight excluding hydrogens is 184 g/mol. The number of alkyl halides is 2. The van der Waals surface area contributed by atoms with Crippen molar-refractivity contribution in [3.63, 3.8) is 0 Å². The summed E-state index contributed by atoms with van der Waals surface area (Å²) in [4.78, 5) is 0. The number of rotatable bonds is 1. The molecule has 2 rings (SSSR count). The molecule has 1 aromatic carbocycles. The summed E-state index contributed by atoms with van der Waals surface area (Å²) >= 11 is 0. The van der Waals surface area contributed by atoms with E-state index in [1.165, 1.54) is 0 Å². The Morgan fingerprint density at radius 3 is 2.57 bits per heavy atom. The van der Waals surface area contributed by atoms with Crippen LogP contribution in [0.3, 0.4) is 0 Å². The number of piperidine rings is 1. The van der Waals surface area contributed by atoms with Crippen molar-refractivity contribution in [3.05, 3.63) is 35.9 Å². The lowest BCUT2D eigenvalue weighted by Crippen LogP contribution is -2.38. The van der Waals surface area contributed by atoms with E-state index in [0.717, 1.165) is 5.56 Å². The van der Waals surface area contributed by atoms with Crippen LogP contribution in [0.2, 0.25) is 0 Å². The van der Waals surface area contributed by atoms with Gasteiger partial charge in [0.05, 0.1) is 0 Å². The molecule has 1 N–H and O–H groups in total. The highest BCUT2D eigenvalue weighted by Crippen LogP contribution is 2.34. The van der Waals surface area contributed by atoms with E-state index in [4.69, 9.17) is 0 Å². The molecule has 0 aromatic heterocycles. The Labute approximate surface area is 82.1 Å². The van der Waals surface area contributed by atoms with Gasteiger partial charge in [-0.15, -0.1) is 0 Å². The van der Waals surface area contributed by atoms with Crippen LogP contribution < -0.4 is 5.32 Å². The Kier molecular flexibility index (Phi) is 2.50. The molecule has 76 valence electrons. The van der Waals surface area contributed by atoms with E-state index in [2.05, 4.69) is 5.32 Å². The van der Waals surface area contributed by atoms with Crippen LogP contribution in [-0.4, -0.2) is 12.5 Å². The Bertz CT molecular complexity index is 297. The van der Waals surface area contributed by atoms with Crippen molar-refractivity contribution in [3.8, 4) is 0 Å². The first-order valence-corrected chi connectivity index (χ1v) is 4.83. The van der Waals surface area contributed by atoms with Gasteiger partial charge < -0.3 is 5.32 Å². The number of hydrogen-bond donors (Lipinski definition) is 1. The molecule has 1 saturated heterocycles. The van der Waals surface area contributed by atoms with Gasteiger partial charge in [0.2, 0.25) is 0 Å². The van der Waals surface area contributed by atoms with Gasteiger partial charge in [-0.25, -0.2) is 8.78 Å². The third-order valence-electron chi connectivity index (χ3n) is 2.59. The second-order valence-corrected chi connectivity index (χ2v) is 3.73. The van der Waals surface area contributed by atoms with Crippen molar-refractivity contribution in [1.29, 1.82) is 0 Å². The SMILES string of the molecule is FC1(F)CCN[C@@H](c2ccccc2)C1. The second-order valence-electron chi connectivity index (χ2n) is 3.73. The third kappa shape index (κ3) is 2.10. The molecule has 3 heteroatoms. The maximum absolute atomic E-state index is 13.1. The molecule has 1 heterocycles. The van der Waals surface area contributed by atoms with Gasteiger partial charge in [-0.3, -0.25) is 0 Å². The third-order valence-corrected chi connectivity index (χ3v) is 2.59. The number of hydrogen-bond acceptors (Lipinski definition) is 1. The van der Waals surface area contributed by atoms with Gasteiger partial charge in [0, 0.05) is 25.4 Å².